The standard InChI is InChI=1S/C15H19N5O/c1-2-4-13-17-14(19-18-13)15(21)20-10-3-5-12(20)11-6-8-16-9-7-11/h6-9,12H,2-5,10H2,1H3,(H,17,18,19). The number of pyridine rings is 1. The maximum Gasteiger partial charge on any atom is 0.294 e. The molecule has 21 heavy (non-hydrogen) atoms. The molecule has 0 saturated carbocycles. The van der Waals surface area contributed by atoms with E-state index in [-0.39, 0.29) is 17.8 Å². The van der Waals surface area contributed by atoms with Crippen molar-refractivity contribution in [1.29, 1.82) is 0 Å². The highest BCUT2D eigenvalue weighted by Crippen LogP contribution is 2.32. The van der Waals surface area contributed by atoms with Gasteiger partial charge in [-0.2, -0.15) is 0 Å². The van der Waals surface area contributed by atoms with Crippen LogP contribution in [0.3, 0.4) is 0 Å². The number of hydrogen-bond donors (Lipinski definition) is 1. The first-order valence-electron chi connectivity index (χ1n) is 7.41. The monoisotopic (exact) mass is 285 g/mol. The van der Waals surface area contributed by atoms with Gasteiger partial charge >= 0.3 is 0 Å². The van der Waals surface area contributed by atoms with E-state index in [9.17, 15) is 4.79 Å². The Balaban J connectivity index is 1.79. The minimum atomic E-state index is -0.0899. The molecule has 1 unspecified atom stereocenters. The lowest BCUT2D eigenvalue weighted by atomic mass is 10.1. The van der Waals surface area contributed by atoms with Gasteiger partial charge in [0.2, 0.25) is 5.82 Å². The van der Waals surface area contributed by atoms with Crippen LogP contribution < -0.4 is 0 Å². The van der Waals surface area contributed by atoms with Gasteiger partial charge in [-0.1, -0.05) is 6.92 Å². The molecule has 2 aromatic rings. The summed E-state index contributed by atoms with van der Waals surface area (Å²) in [5.41, 5.74) is 1.13. The largest absolute Gasteiger partial charge is 0.329 e. The third-order valence-electron chi connectivity index (χ3n) is 3.81. The molecule has 3 rings (SSSR count). The molecule has 1 aliphatic rings. The van der Waals surface area contributed by atoms with Gasteiger partial charge < -0.3 is 4.90 Å². The summed E-state index contributed by atoms with van der Waals surface area (Å²) >= 11 is 0. The molecule has 3 heterocycles. The molecule has 1 fully saturated rings. The molecule has 1 amide bonds. The van der Waals surface area contributed by atoms with Gasteiger partial charge in [0.05, 0.1) is 6.04 Å². The maximum atomic E-state index is 12.6. The molecule has 1 saturated heterocycles. The number of likely N-dealkylation sites (tertiary alicyclic amines) is 1. The maximum absolute atomic E-state index is 12.6. The third kappa shape index (κ3) is 2.79. The van der Waals surface area contributed by atoms with Gasteiger partial charge in [0.15, 0.2) is 0 Å². The highest BCUT2D eigenvalue weighted by molar-refractivity contribution is 5.90. The summed E-state index contributed by atoms with van der Waals surface area (Å²) in [7, 11) is 0. The minimum absolute atomic E-state index is 0.0899. The van der Waals surface area contributed by atoms with Crippen molar-refractivity contribution in [2.24, 2.45) is 0 Å². The van der Waals surface area contributed by atoms with Crippen molar-refractivity contribution in [1.82, 2.24) is 25.1 Å². The zero-order valence-electron chi connectivity index (χ0n) is 12.1. The predicted octanol–water partition coefficient (Wildman–Crippen LogP) is 2.13. The number of carbonyl (C=O) groups excluding carboxylic acids is 1. The second-order valence-corrected chi connectivity index (χ2v) is 5.29. The fourth-order valence-corrected chi connectivity index (χ4v) is 2.81. The average Bonchev–Trinajstić information content (AvgIpc) is 3.17. The number of rotatable bonds is 4. The van der Waals surface area contributed by atoms with E-state index in [0.717, 1.165) is 43.6 Å². The van der Waals surface area contributed by atoms with Crippen molar-refractivity contribution in [3.8, 4) is 0 Å². The van der Waals surface area contributed by atoms with Crippen LogP contribution in [0.15, 0.2) is 24.5 Å². The van der Waals surface area contributed by atoms with E-state index in [4.69, 9.17) is 0 Å². The molecule has 110 valence electrons. The van der Waals surface area contributed by atoms with Crippen LogP contribution in [0.5, 0.6) is 0 Å². The van der Waals surface area contributed by atoms with Crippen LogP contribution >= 0.6 is 0 Å². The summed E-state index contributed by atoms with van der Waals surface area (Å²) in [5.74, 6) is 0.966. The zero-order chi connectivity index (χ0) is 14.7. The summed E-state index contributed by atoms with van der Waals surface area (Å²) in [6, 6.07) is 4.04. The van der Waals surface area contributed by atoms with E-state index in [1.165, 1.54) is 0 Å². The number of carbonyl (C=O) groups is 1. The van der Waals surface area contributed by atoms with Gasteiger partial charge in [-0.25, -0.2) is 4.98 Å². The van der Waals surface area contributed by atoms with E-state index in [2.05, 4.69) is 27.1 Å². The van der Waals surface area contributed by atoms with Gasteiger partial charge in [-0.3, -0.25) is 14.9 Å². The molecule has 6 heteroatoms. The van der Waals surface area contributed by atoms with Crippen molar-refractivity contribution in [2.45, 2.75) is 38.6 Å². The number of aryl methyl sites for hydroxylation is 1. The van der Waals surface area contributed by atoms with E-state index in [0.29, 0.717) is 0 Å². The van der Waals surface area contributed by atoms with Crippen LogP contribution in [0.4, 0.5) is 0 Å². The molecule has 6 nitrogen and oxygen atoms in total. The smallest absolute Gasteiger partial charge is 0.294 e. The van der Waals surface area contributed by atoms with Gasteiger partial charge in [-0.05, 0) is 37.0 Å². The Bertz CT molecular complexity index is 610. The van der Waals surface area contributed by atoms with Crippen molar-refractivity contribution < 1.29 is 4.79 Å². The van der Waals surface area contributed by atoms with Crippen LogP contribution in [0.1, 0.15) is 54.2 Å². The summed E-state index contributed by atoms with van der Waals surface area (Å²) in [5, 5.41) is 6.91. The van der Waals surface area contributed by atoms with Crippen molar-refractivity contribution in [2.75, 3.05) is 6.54 Å². The van der Waals surface area contributed by atoms with Gasteiger partial charge in [0.25, 0.3) is 5.91 Å². The molecule has 2 aromatic heterocycles. The highest BCUT2D eigenvalue weighted by Gasteiger charge is 2.32. The van der Waals surface area contributed by atoms with Crippen LogP contribution in [0, 0.1) is 0 Å². The second kappa shape index (κ2) is 6.03. The van der Waals surface area contributed by atoms with Crippen LogP contribution in [-0.4, -0.2) is 37.5 Å². The molecule has 0 bridgehead atoms. The lowest BCUT2D eigenvalue weighted by Crippen LogP contribution is -2.31. The van der Waals surface area contributed by atoms with E-state index >= 15 is 0 Å². The van der Waals surface area contributed by atoms with Gasteiger partial charge in [-0.15, -0.1) is 5.10 Å². The topological polar surface area (TPSA) is 74.8 Å². The first kappa shape index (κ1) is 13.7. The third-order valence-corrected chi connectivity index (χ3v) is 3.81. The minimum Gasteiger partial charge on any atom is -0.329 e. The van der Waals surface area contributed by atoms with E-state index in [1.807, 2.05) is 17.0 Å². The number of aromatic amines is 1. The molecule has 0 spiro atoms. The normalized spacial score (nSPS) is 18.1. The molecule has 0 aromatic carbocycles. The molecule has 1 aliphatic heterocycles. The number of hydrogen-bond acceptors (Lipinski definition) is 4. The lowest BCUT2D eigenvalue weighted by molar-refractivity contribution is 0.0723. The van der Waals surface area contributed by atoms with Crippen LogP contribution in [0.25, 0.3) is 0 Å². The number of H-pyrrole nitrogens is 1. The Morgan fingerprint density at radius 2 is 2.24 bits per heavy atom. The summed E-state index contributed by atoms with van der Waals surface area (Å²) in [6.07, 6.45) is 7.30. The fraction of sp³-hybridized carbons (Fsp3) is 0.467. The number of aromatic nitrogens is 4. The van der Waals surface area contributed by atoms with Gasteiger partial charge in [0, 0.05) is 25.4 Å². The summed E-state index contributed by atoms with van der Waals surface area (Å²) in [4.78, 5) is 22.8. The Labute approximate surface area is 123 Å². The average molecular weight is 285 g/mol. The van der Waals surface area contributed by atoms with E-state index < -0.39 is 0 Å². The number of amides is 1. The van der Waals surface area contributed by atoms with Crippen LogP contribution in [0.2, 0.25) is 0 Å². The first-order chi connectivity index (χ1) is 10.3. The van der Waals surface area contributed by atoms with E-state index in [1.54, 1.807) is 12.4 Å². The molecular weight excluding hydrogens is 266 g/mol. The lowest BCUT2D eigenvalue weighted by Gasteiger charge is -2.23. The molecule has 0 radical (unpaired) electrons. The zero-order valence-corrected chi connectivity index (χ0v) is 12.1. The molecule has 1 N–H and O–H groups in total. The quantitative estimate of drug-likeness (QED) is 0.933. The molecular formula is C15H19N5O. The van der Waals surface area contributed by atoms with Crippen molar-refractivity contribution in [3.63, 3.8) is 0 Å². The summed E-state index contributed by atoms with van der Waals surface area (Å²) < 4.78 is 0. The molecule has 1 atom stereocenters. The fourth-order valence-electron chi connectivity index (χ4n) is 2.81. The Morgan fingerprint density at radius 3 is 3.00 bits per heavy atom. The highest BCUT2D eigenvalue weighted by atomic mass is 16.2. The Kier molecular flexibility index (Phi) is 3.94. The summed E-state index contributed by atoms with van der Waals surface area (Å²) in [6.45, 7) is 2.83. The first-order valence-corrected chi connectivity index (χ1v) is 7.41. The second-order valence-electron chi connectivity index (χ2n) is 5.29. The van der Waals surface area contributed by atoms with Crippen molar-refractivity contribution >= 4 is 5.91 Å². The van der Waals surface area contributed by atoms with Gasteiger partial charge in [0.1, 0.15) is 5.82 Å². The number of nitrogens with one attached hydrogen (secondary N) is 1. The Morgan fingerprint density at radius 1 is 1.43 bits per heavy atom. The SMILES string of the molecule is CCCc1nc(C(=O)N2CCCC2c2ccncc2)n[nH]1. The molecule has 0 aliphatic carbocycles. The Hall–Kier alpha value is -2.24. The predicted molar refractivity (Wildman–Crippen MR) is 77.6 cm³/mol. The number of nitrogens with zero attached hydrogens (tertiary/aromatic N) is 4. The van der Waals surface area contributed by atoms with Crippen molar-refractivity contribution in [3.05, 3.63) is 41.7 Å². The van der Waals surface area contributed by atoms with Crippen LogP contribution in [-0.2, 0) is 6.42 Å².